The Hall–Kier alpha value is -2.69. The number of nitrogens with zero attached hydrogens (tertiary/aromatic N) is 2. The predicted octanol–water partition coefficient (Wildman–Crippen LogP) is 3.39. The zero-order chi connectivity index (χ0) is 14.7. The van der Waals surface area contributed by atoms with Crippen molar-refractivity contribution in [2.24, 2.45) is 0 Å². The molecule has 0 atom stereocenters. The molecule has 0 aliphatic heterocycles. The van der Waals surface area contributed by atoms with Gasteiger partial charge >= 0.3 is 0 Å². The number of para-hydroxylation sites is 2. The zero-order valence-corrected chi connectivity index (χ0v) is 11.5. The van der Waals surface area contributed by atoms with Gasteiger partial charge in [0.1, 0.15) is 11.6 Å². The van der Waals surface area contributed by atoms with E-state index in [1.165, 1.54) is 19.2 Å². The van der Waals surface area contributed by atoms with E-state index in [0.29, 0.717) is 18.0 Å². The lowest BCUT2D eigenvalue weighted by molar-refractivity contribution is 0.413. The summed E-state index contributed by atoms with van der Waals surface area (Å²) in [6.07, 6.45) is 1.73. The van der Waals surface area contributed by atoms with Crippen LogP contribution in [0.1, 0.15) is 5.69 Å². The quantitative estimate of drug-likeness (QED) is 0.797. The van der Waals surface area contributed by atoms with Crippen molar-refractivity contribution < 1.29 is 9.13 Å². The van der Waals surface area contributed by atoms with Crippen molar-refractivity contribution >= 4 is 16.7 Å². The summed E-state index contributed by atoms with van der Waals surface area (Å²) in [5.41, 5.74) is 3.23. The van der Waals surface area contributed by atoms with E-state index in [9.17, 15) is 4.39 Å². The number of rotatable bonds is 4. The van der Waals surface area contributed by atoms with Crippen molar-refractivity contribution in [2.75, 3.05) is 12.4 Å². The van der Waals surface area contributed by atoms with Gasteiger partial charge in [-0.05, 0) is 24.3 Å². The maximum absolute atomic E-state index is 13.1. The van der Waals surface area contributed by atoms with Crippen LogP contribution in [0.5, 0.6) is 5.75 Å². The molecule has 1 aromatic heterocycles. The molecule has 1 heterocycles. The number of anilines is 1. The van der Waals surface area contributed by atoms with Gasteiger partial charge in [-0.1, -0.05) is 12.1 Å². The molecule has 1 N–H and O–H groups in total. The molecular weight excluding hydrogens is 269 g/mol. The summed E-state index contributed by atoms with van der Waals surface area (Å²) in [5.74, 6) is 0.131. The first-order valence-electron chi connectivity index (χ1n) is 6.54. The Balaban J connectivity index is 1.80. The number of methoxy groups -OCH3 is 1. The topological polar surface area (TPSA) is 47.0 Å². The Kier molecular flexibility index (Phi) is 3.64. The third-order valence-electron chi connectivity index (χ3n) is 3.12. The second-order valence-corrected chi connectivity index (χ2v) is 4.55. The minimum absolute atomic E-state index is 0.331. The fourth-order valence-corrected chi connectivity index (χ4v) is 2.08. The first kappa shape index (κ1) is 13.3. The van der Waals surface area contributed by atoms with E-state index >= 15 is 0 Å². The predicted molar refractivity (Wildman–Crippen MR) is 79.8 cm³/mol. The van der Waals surface area contributed by atoms with Crippen molar-refractivity contribution in [1.82, 2.24) is 9.97 Å². The summed E-state index contributed by atoms with van der Waals surface area (Å²) in [6.45, 7) is 0.486. The van der Waals surface area contributed by atoms with Gasteiger partial charge in [-0.2, -0.15) is 0 Å². The summed E-state index contributed by atoms with van der Waals surface area (Å²) in [4.78, 5) is 8.88. The molecule has 106 valence electrons. The highest BCUT2D eigenvalue weighted by molar-refractivity contribution is 5.73. The molecule has 0 aliphatic carbocycles. The SMILES string of the molecule is COc1cc(F)ccc1NCc1cnc2ccccc2n1. The number of nitrogens with one attached hydrogen (secondary N) is 1. The van der Waals surface area contributed by atoms with Crippen LogP contribution < -0.4 is 10.1 Å². The molecule has 5 heteroatoms. The summed E-state index contributed by atoms with van der Waals surface area (Å²) in [6, 6.07) is 12.1. The van der Waals surface area contributed by atoms with Gasteiger partial charge in [0.05, 0.1) is 42.3 Å². The van der Waals surface area contributed by atoms with E-state index < -0.39 is 0 Å². The minimum Gasteiger partial charge on any atom is -0.494 e. The maximum atomic E-state index is 13.1. The molecule has 0 amide bonds. The molecule has 0 radical (unpaired) electrons. The Bertz CT molecular complexity index is 776. The molecule has 0 fully saturated rings. The Morgan fingerprint density at radius 2 is 1.95 bits per heavy atom. The Morgan fingerprint density at radius 3 is 2.76 bits per heavy atom. The average molecular weight is 283 g/mol. The first-order valence-corrected chi connectivity index (χ1v) is 6.54. The van der Waals surface area contributed by atoms with E-state index in [1.54, 1.807) is 12.3 Å². The van der Waals surface area contributed by atoms with E-state index in [0.717, 1.165) is 16.7 Å². The molecule has 2 aromatic carbocycles. The first-order chi connectivity index (χ1) is 10.3. The molecule has 3 aromatic rings. The Morgan fingerprint density at radius 1 is 1.14 bits per heavy atom. The van der Waals surface area contributed by atoms with Crippen molar-refractivity contribution in [3.8, 4) is 5.75 Å². The number of halogens is 1. The van der Waals surface area contributed by atoms with Gasteiger partial charge in [0.25, 0.3) is 0 Å². The molecule has 0 aliphatic rings. The summed E-state index contributed by atoms with van der Waals surface area (Å²) in [5, 5.41) is 3.18. The van der Waals surface area contributed by atoms with E-state index in [-0.39, 0.29) is 5.82 Å². The molecule has 0 bridgehead atoms. The van der Waals surface area contributed by atoms with Crippen LogP contribution >= 0.6 is 0 Å². The largest absolute Gasteiger partial charge is 0.494 e. The monoisotopic (exact) mass is 283 g/mol. The molecule has 0 saturated carbocycles. The third-order valence-corrected chi connectivity index (χ3v) is 3.12. The molecule has 0 saturated heterocycles. The lowest BCUT2D eigenvalue weighted by Gasteiger charge is -2.11. The molecular formula is C16H14FN3O. The lowest BCUT2D eigenvalue weighted by atomic mass is 10.2. The maximum Gasteiger partial charge on any atom is 0.144 e. The number of hydrogen-bond acceptors (Lipinski definition) is 4. The fourth-order valence-electron chi connectivity index (χ4n) is 2.08. The number of ether oxygens (including phenoxy) is 1. The van der Waals surface area contributed by atoms with Crippen LogP contribution in [0.2, 0.25) is 0 Å². The number of fused-ring (bicyclic) bond motifs is 1. The van der Waals surface area contributed by atoms with Crippen molar-refractivity contribution in [2.45, 2.75) is 6.54 Å². The van der Waals surface area contributed by atoms with Crippen LogP contribution in [0.15, 0.2) is 48.7 Å². The number of benzene rings is 2. The average Bonchev–Trinajstić information content (AvgIpc) is 2.53. The van der Waals surface area contributed by atoms with E-state index in [1.807, 2.05) is 24.3 Å². The van der Waals surface area contributed by atoms with Gasteiger partial charge in [-0.15, -0.1) is 0 Å². The van der Waals surface area contributed by atoms with Crippen molar-refractivity contribution in [1.29, 1.82) is 0 Å². The second-order valence-electron chi connectivity index (χ2n) is 4.55. The van der Waals surface area contributed by atoms with Gasteiger partial charge < -0.3 is 10.1 Å². The molecule has 21 heavy (non-hydrogen) atoms. The van der Waals surface area contributed by atoms with Crippen LogP contribution in [0, 0.1) is 5.82 Å². The normalized spacial score (nSPS) is 10.6. The minimum atomic E-state index is -0.331. The van der Waals surface area contributed by atoms with Gasteiger partial charge in [-0.3, -0.25) is 4.98 Å². The van der Waals surface area contributed by atoms with Crippen LogP contribution in [0.3, 0.4) is 0 Å². The smallest absolute Gasteiger partial charge is 0.144 e. The molecule has 4 nitrogen and oxygen atoms in total. The molecule has 0 unspecified atom stereocenters. The zero-order valence-electron chi connectivity index (χ0n) is 11.5. The third kappa shape index (κ3) is 2.91. The second kappa shape index (κ2) is 5.75. The highest BCUT2D eigenvalue weighted by Crippen LogP contribution is 2.25. The standard InChI is InChI=1S/C16H14FN3O/c1-21-16-8-11(17)6-7-15(16)19-10-12-9-18-13-4-2-3-5-14(13)20-12/h2-9,19H,10H2,1H3. The fraction of sp³-hybridized carbons (Fsp3) is 0.125. The van der Waals surface area contributed by atoms with Gasteiger partial charge in [0, 0.05) is 6.07 Å². The highest BCUT2D eigenvalue weighted by Gasteiger charge is 2.05. The van der Waals surface area contributed by atoms with Crippen molar-refractivity contribution in [3.63, 3.8) is 0 Å². The van der Waals surface area contributed by atoms with Gasteiger partial charge in [-0.25, -0.2) is 9.37 Å². The summed E-state index contributed by atoms with van der Waals surface area (Å²) < 4.78 is 18.3. The lowest BCUT2D eigenvalue weighted by Crippen LogP contribution is -2.04. The van der Waals surface area contributed by atoms with Crippen LogP contribution in [-0.2, 0) is 6.54 Å². The van der Waals surface area contributed by atoms with Gasteiger partial charge in [0.2, 0.25) is 0 Å². The number of aromatic nitrogens is 2. The van der Waals surface area contributed by atoms with E-state index in [2.05, 4.69) is 15.3 Å². The van der Waals surface area contributed by atoms with E-state index in [4.69, 9.17) is 4.74 Å². The highest BCUT2D eigenvalue weighted by atomic mass is 19.1. The van der Waals surface area contributed by atoms with Crippen LogP contribution in [0.25, 0.3) is 11.0 Å². The van der Waals surface area contributed by atoms with Crippen LogP contribution in [0.4, 0.5) is 10.1 Å². The summed E-state index contributed by atoms with van der Waals surface area (Å²) >= 11 is 0. The van der Waals surface area contributed by atoms with Gasteiger partial charge in [0.15, 0.2) is 0 Å². The molecule has 0 spiro atoms. The van der Waals surface area contributed by atoms with Crippen molar-refractivity contribution in [3.05, 3.63) is 60.2 Å². The summed E-state index contributed by atoms with van der Waals surface area (Å²) in [7, 11) is 1.51. The number of hydrogen-bond donors (Lipinski definition) is 1. The van der Waals surface area contributed by atoms with Crippen LogP contribution in [-0.4, -0.2) is 17.1 Å². The Labute approximate surface area is 121 Å². The molecule has 3 rings (SSSR count).